The largest absolute Gasteiger partial charge is 0.497 e. The zero-order valence-electron chi connectivity index (χ0n) is 12.5. The maximum Gasteiger partial charge on any atom is 0.326 e. The molecule has 1 aromatic carbocycles. The summed E-state index contributed by atoms with van der Waals surface area (Å²) in [7, 11) is 1.56. The van der Waals surface area contributed by atoms with E-state index in [4.69, 9.17) is 9.84 Å². The number of carboxylic acid groups (broad SMARTS) is 1. The van der Waals surface area contributed by atoms with Crippen LogP contribution >= 0.6 is 0 Å². The summed E-state index contributed by atoms with van der Waals surface area (Å²) >= 11 is 0. The standard InChI is InChI=1S/C16H21NO4/c1-4-5-9-14(16(19)20)17-15(18)11(2)12-7-6-8-13(10-12)21-3/h4-8,10-11,14H,9H2,1-3H3,(H,17,18)(H,19,20)/b5-4+. The van der Waals surface area contributed by atoms with Gasteiger partial charge in [-0.05, 0) is 38.0 Å². The Morgan fingerprint density at radius 2 is 2.14 bits per heavy atom. The summed E-state index contributed by atoms with van der Waals surface area (Å²) < 4.78 is 5.12. The van der Waals surface area contributed by atoms with Gasteiger partial charge in [-0.15, -0.1) is 0 Å². The van der Waals surface area contributed by atoms with Crippen molar-refractivity contribution in [3.05, 3.63) is 42.0 Å². The van der Waals surface area contributed by atoms with Crippen molar-refractivity contribution < 1.29 is 19.4 Å². The molecule has 2 atom stereocenters. The van der Waals surface area contributed by atoms with Crippen molar-refractivity contribution >= 4 is 11.9 Å². The lowest BCUT2D eigenvalue weighted by Gasteiger charge is -2.17. The van der Waals surface area contributed by atoms with Crippen molar-refractivity contribution in [1.29, 1.82) is 0 Å². The van der Waals surface area contributed by atoms with Crippen LogP contribution in [0.2, 0.25) is 0 Å². The molecule has 2 unspecified atom stereocenters. The van der Waals surface area contributed by atoms with Gasteiger partial charge in [0.1, 0.15) is 11.8 Å². The average Bonchev–Trinajstić information content (AvgIpc) is 2.50. The third kappa shape index (κ3) is 4.95. The molecule has 5 heteroatoms. The second-order valence-corrected chi connectivity index (χ2v) is 4.70. The SMILES string of the molecule is C/C=C/CC(NC(=O)C(C)c1cccc(OC)c1)C(=O)O. The Morgan fingerprint density at radius 3 is 2.71 bits per heavy atom. The molecule has 2 N–H and O–H groups in total. The Morgan fingerprint density at radius 1 is 1.43 bits per heavy atom. The number of carboxylic acids is 1. The average molecular weight is 291 g/mol. The van der Waals surface area contributed by atoms with E-state index in [9.17, 15) is 9.59 Å². The number of nitrogens with one attached hydrogen (secondary N) is 1. The normalized spacial score (nSPS) is 13.7. The highest BCUT2D eigenvalue weighted by atomic mass is 16.5. The zero-order valence-corrected chi connectivity index (χ0v) is 12.5. The van der Waals surface area contributed by atoms with Crippen molar-refractivity contribution in [3.8, 4) is 5.75 Å². The number of benzene rings is 1. The fraction of sp³-hybridized carbons (Fsp3) is 0.375. The van der Waals surface area contributed by atoms with E-state index in [1.807, 2.05) is 6.07 Å². The summed E-state index contributed by atoms with van der Waals surface area (Å²) in [5, 5.41) is 11.7. The second-order valence-electron chi connectivity index (χ2n) is 4.70. The number of hydrogen-bond donors (Lipinski definition) is 2. The van der Waals surface area contributed by atoms with Gasteiger partial charge in [-0.2, -0.15) is 0 Å². The first-order chi connectivity index (χ1) is 9.99. The van der Waals surface area contributed by atoms with Gasteiger partial charge >= 0.3 is 5.97 Å². The third-order valence-electron chi connectivity index (χ3n) is 3.21. The Bertz CT molecular complexity index is 525. The van der Waals surface area contributed by atoms with Crippen molar-refractivity contribution in [1.82, 2.24) is 5.32 Å². The molecule has 0 aliphatic carbocycles. The van der Waals surface area contributed by atoms with Crippen molar-refractivity contribution in [2.24, 2.45) is 0 Å². The van der Waals surface area contributed by atoms with Crippen LogP contribution in [-0.2, 0) is 9.59 Å². The minimum Gasteiger partial charge on any atom is -0.497 e. The molecular weight excluding hydrogens is 270 g/mol. The highest BCUT2D eigenvalue weighted by Gasteiger charge is 2.23. The van der Waals surface area contributed by atoms with E-state index < -0.39 is 17.9 Å². The molecule has 0 saturated heterocycles. The molecule has 0 radical (unpaired) electrons. The highest BCUT2D eigenvalue weighted by molar-refractivity contribution is 5.88. The lowest BCUT2D eigenvalue weighted by Crippen LogP contribution is -2.42. The van der Waals surface area contributed by atoms with Gasteiger partial charge in [-0.3, -0.25) is 4.79 Å². The van der Waals surface area contributed by atoms with Crippen LogP contribution in [0.5, 0.6) is 5.75 Å². The van der Waals surface area contributed by atoms with Crippen LogP contribution in [0.1, 0.15) is 31.7 Å². The van der Waals surface area contributed by atoms with E-state index >= 15 is 0 Å². The number of ether oxygens (including phenoxy) is 1. The first-order valence-corrected chi connectivity index (χ1v) is 6.77. The number of allylic oxidation sites excluding steroid dienone is 1. The van der Waals surface area contributed by atoms with E-state index in [1.165, 1.54) is 0 Å². The maximum absolute atomic E-state index is 12.2. The monoisotopic (exact) mass is 291 g/mol. The van der Waals surface area contributed by atoms with Crippen LogP contribution in [0, 0.1) is 0 Å². The quantitative estimate of drug-likeness (QED) is 0.756. The molecule has 21 heavy (non-hydrogen) atoms. The number of methoxy groups -OCH3 is 1. The highest BCUT2D eigenvalue weighted by Crippen LogP contribution is 2.20. The summed E-state index contributed by atoms with van der Waals surface area (Å²) in [6, 6.07) is 6.26. The third-order valence-corrected chi connectivity index (χ3v) is 3.21. The van der Waals surface area contributed by atoms with Gasteiger partial charge < -0.3 is 15.2 Å². The molecule has 0 aliphatic heterocycles. The molecule has 1 aromatic rings. The molecule has 0 saturated carbocycles. The zero-order chi connectivity index (χ0) is 15.8. The Balaban J connectivity index is 2.78. The molecule has 5 nitrogen and oxygen atoms in total. The number of amides is 1. The van der Waals surface area contributed by atoms with Crippen molar-refractivity contribution in [3.63, 3.8) is 0 Å². The molecular formula is C16H21NO4. The Labute approximate surface area is 124 Å². The van der Waals surface area contributed by atoms with Gasteiger partial charge in [-0.1, -0.05) is 24.3 Å². The number of rotatable bonds is 7. The van der Waals surface area contributed by atoms with E-state index in [0.29, 0.717) is 5.75 Å². The summed E-state index contributed by atoms with van der Waals surface area (Å²) in [6.45, 7) is 3.54. The lowest BCUT2D eigenvalue weighted by atomic mass is 9.99. The van der Waals surface area contributed by atoms with E-state index in [-0.39, 0.29) is 12.3 Å². The maximum atomic E-state index is 12.2. The summed E-state index contributed by atoms with van der Waals surface area (Å²) in [6.07, 6.45) is 3.74. The molecule has 0 heterocycles. The summed E-state index contributed by atoms with van der Waals surface area (Å²) in [5.74, 6) is -1.15. The molecule has 0 aliphatic rings. The van der Waals surface area contributed by atoms with Gasteiger partial charge in [0.2, 0.25) is 5.91 Å². The van der Waals surface area contributed by atoms with Crippen LogP contribution in [0.3, 0.4) is 0 Å². The first-order valence-electron chi connectivity index (χ1n) is 6.77. The molecule has 0 aromatic heterocycles. The van der Waals surface area contributed by atoms with Crippen molar-refractivity contribution in [2.75, 3.05) is 7.11 Å². The van der Waals surface area contributed by atoms with E-state index in [1.54, 1.807) is 51.3 Å². The molecule has 0 bridgehead atoms. The van der Waals surface area contributed by atoms with Gasteiger partial charge in [0, 0.05) is 0 Å². The van der Waals surface area contributed by atoms with Crippen LogP contribution in [-0.4, -0.2) is 30.1 Å². The number of carbonyl (C=O) groups excluding carboxylic acids is 1. The van der Waals surface area contributed by atoms with Crippen LogP contribution < -0.4 is 10.1 Å². The second kappa shape index (κ2) is 8.09. The van der Waals surface area contributed by atoms with Crippen LogP contribution in [0.15, 0.2) is 36.4 Å². The molecule has 114 valence electrons. The fourth-order valence-electron chi connectivity index (χ4n) is 1.85. The topological polar surface area (TPSA) is 75.6 Å². The molecule has 0 fully saturated rings. The van der Waals surface area contributed by atoms with E-state index in [2.05, 4.69) is 5.32 Å². The fourth-order valence-corrected chi connectivity index (χ4v) is 1.85. The van der Waals surface area contributed by atoms with Crippen molar-refractivity contribution in [2.45, 2.75) is 32.2 Å². The minimum atomic E-state index is -1.04. The molecule has 0 spiro atoms. The van der Waals surface area contributed by atoms with Crippen LogP contribution in [0.25, 0.3) is 0 Å². The van der Waals surface area contributed by atoms with E-state index in [0.717, 1.165) is 5.56 Å². The first kappa shape index (κ1) is 16.8. The Kier molecular flexibility index (Phi) is 6.46. The predicted molar refractivity (Wildman–Crippen MR) is 80.4 cm³/mol. The van der Waals surface area contributed by atoms with Gasteiger partial charge in [0.05, 0.1) is 13.0 Å². The number of hydrogen-bond acceptors (Lipinski definition) is 3. The predicted octanol–water partition coefficient (Wildman–Crippen LogP) is 2.33. The summed E-state index contributed by atoms with van der Waals surface area (Å²) in [5.41, 5.74) is 0.780. The molecule has 1 amide bonds. The Hall–Kier alpha value is -2.30. The smallest absolute Gasteiger partial charge is 0.326 e. The van der Waals surface area contributed by atoms with Gasteiger partial charge in [0.15, 0.2) is 0 Å². The van der Waals surface area contributed by atoms with Gasteiger partial charge in [-0.25, -0.2) is 4.79 Å². The molecule has 1 rings (SSSR count). The summed E-state index contributed by atoms with van der Waals surface area (Å²) in [4.78, 5) is 23.3. The van der Waals surface area contributed by atoms with Crippen LogP contribution in [0.4, 0.5) is 0 Å². The minimum absolute atomic E-state index is 0.266. The lowest BCUT2D eigenvalue weighted by molar-refractivity contribution is -0.141. The van der Waals surface area contributed by atoms with Gasteiger partial charge in [0.25, 0.3) is 0 Å². The number of carbonyl (C=O) groups is 2. The number of aliphatic carboxylic acids is 1.